The summed E-state index contributed by atoms with van der Waals surface area (Å²) in [6.45, 7) is 8.95. The Kier molecular flexibility index (Phi) is 10.8. The molecule has 199 valence electrons. The zero-order chi connectivity index (χ0) is 24.9. The van der Waals surface area contributed by atoms with Gasteiger partial charge in [-0.15, -0.1) is 17.5 Å². The fourth-order valence-corrected chi connectivity index (χ4v) is 6.43. The van der Waals surface area contributed by atoms with Crippen LogP contribution in [0.4, 0.5) is 0 Å². The van der Waals surface area contributed by atoms with Gasteiger partial charge in [0.2, 0.25) is 0 Å². The van der Waals surface area contributed by atoms with Crippen molar-refractivity contribution in [2.45, 2.75) is 78.4 Å². The van der Waals surface area contributed by atoms with Crippen molar-refractivity contribution >= 4 is 11.0 Å². The van der Waals surface area contributed by atoms with Gasteiger partial charge < -0.3 is 19.6 Å². The van der Waals surface area contributed by atoms with Crippen LogP contribution in [0.1, 0.15) is 66.2 Å². The predicted molar refractivity (Wildman–Crippen MR) is 142 cm³/mol. The second-order valence-corrected chi connectivity index (χ2v) is 11.5. The van der Waals surface area contributed by atoms with Gasteiger partial charge in [-0.1, -0.05) is 64.4 Å². The Morgan fingerprint density at radius 2 is 1.58 bits per heavy atom. The molecule has 5 heteroatoms. The Morgan fingerprint density at radius 3 is 2.25 bits per heavy atom. The third-order valence-electron chi connectivity index (χ3n) is 7.85. The van der Waals surface area contributed by atoms with E-state index in [9.17, 15) is 10.2 Å². The van der Waals surface area contributed by atoms with Gasteiger partial charge in [0.05, 0.1) is 18.0 Å². The minimum absolute atomic E-state index is 0. The van der Waals surface area contributed by atoms with E-state index < -0.39 is 0 Å². The molecule has 5 rings (SSSR count). The van der Waals surface area contributed by atoms with Crippen LogP contribution in [0.15, 0.2) is 53.1 Å². The first-order valence-corrected chi connectivity index (χ1v) is 13.5. The molecular weight excluding hydrogens is 627 g/mol. The summed E-state index contributed by atoms with van der Waals surface area (Å²) >= 11 is 0. The normalized spacial score (nSPS) is 27.8. The van der Waals surface area contributed by atoms with Gasteiger partial charge in [-0.25, -0.2) is 0 Å². The zero-order valence-corrected chi connectivity index (χ0v) is 24.5. The van der Waals surface area contributed by atoms with Crippen molar-refractivity contribution in [1.82, 2.24) is 4.98 Å². The monoisotopic (exact) mass is 669 g/mol. The van der Waals surface area contributed by atoms with E-state index in [1.807, 2.05) is 42.5 Å². The van der Waals surface area contributed by atoms with Crippen molar-refractivity contribution in [1.29, 1.82) is 0 Å². The molecule has 2 N–H and O–H groups in total. The van der Waals surface area contributed by atoms with Gasteiger partial charge >= 0.3 is 0 Å². The number of aliphatic hydroxyl groups excluding tert-OH is 2. The molecule has 1 aromatic carbocycles. The second kappa shape index (κ2) is 13.3. The third kappa shape index (κ3) is 7.07. The molecule has 4 unspecified atom stereocenters. The quantitative estimate of drug-likeness (QED) is 0.284. The molecular formula is C31H42IrNO3-. The molecule has 0 spiro atoms. The molecule has 2 aromatic heterocycles. The number of fused-ring (bicyclic) bond motifs is 2. The van der Waals surface area contributed by atoms with Crippen LogP contribution in [0.5, 0.6) is 0 Å². The van der Waals surface area contributed by atoms with Gasteiger partial charge in [-0.3, -0.25) is 0 Å². The molecule has 0 amide bonds. The molecule has 2 heterocycles. The summed E-state index contributed by atoms with van der Waals surface area (Å²) < 4.78 is 5.64. The Hall–Kier alpha value is -1.52. The molecule has 2 saturated carbocycles. The SMILES string of the molecule is CC(C)C[C@H]1CCCC2C[C@@H](CC(C)C)C(O)C2C1O.[Ir].[c-]1c(-c2ccccn2)oc2ccccc12. The standard InChI is InChI=1S/C18H34O2.C13H8NO.Ir/c1-11(2)8-14-7-5-6-13-10-15(9-12(3)4)18(20)16(13)17(14)19;1-2-7-12-10(5-1)9-13(15-12)11-6-3-4-8-14-11;/h11-20H,5-10H2,1-4H3;1-8H;/q;-1;/t13?,14-,15-,16?,17?,18?;;/m1../s1. The van der Waals surface area contributed by atoms with Gasteiger partial charge in [-0.2, -0.15) is 0 Å². The summed E-state index contributed by atoms with van der Waals surface area (Å²) in [6.07, 6.45) is 8.13. The topological polar surface area (TPSA) is 66.5 Å². The number of aromatic nitrogens is 1. The molecule has 0 aliphatic heterocycles. The Labute approximate surface area is 230 Å². The molecule has 0 saturated heterocycles. The minimum Gasteiger partial charge on any atom is -0.518 e. The number of rotatable bonds is 5. The third-order valence-corrected chi connectivity index (χ3v) is 7.85. The first-order valence-electron chi connectivity index (χ1n) is 13.5. The Balaban J connectivity index is 0.000000202. The van der Waals surface area contributed by atoms with Crippen LogP contribution in [0.2, 0.25) is 0 Å². The van der Waals surface area contributed by atoms with Crippen LogP contribution in [0.3, 0.4) is 0 Å². The molecule has 2 aliphatic carbocycles. The summed E-state index contributed by atoms with van der Waals surface area (Å²) in [5.41, 5.74) is 1.66. The number of furan rings is 1. The number of hydrogen-bond donors (Lipinski definition) is 2. The van der Waals surface area contributed by atoms with Gasteiger partial charge in [0.25, 0.3) is 0 Å². The molecule has 2 aliphatic rings. The van der Waals surface area contributed by atoms with E-state index in [1.54, 1.807) is 6.20 Å². The minimum atomic E-state index is -0.280. The zero-order valence-electron chi connectivity index (χ0n) is 22.1. The van der Waals surface area contributed by atoms with Crippen molar-refractivity contribution in [2.24, 2.45) is 35.5 Å². The fourth-order valence-electron chi connectivity index (χ4n) is 6.43. The van der Waals surface area contributed by atoms with Crippen LogP contribution >= 0.6 is 0 Å². The first-order chi connectivity index (χ1) is 16.8. The first kappa shape index (κ1) is 29.0. The smallest absolute Gasteiger partial charge is 0.0624 e. The number of aliphatic hydroxyl groups is 2. The summed E-state index contributed by atoms with van der Waals surface area (Å²) in [5.74, 6) is 3.48. The molecule has 0 bridgehead atoms. The maximum absolute atomic E-state index is 10.8. The number of para-hydroxylation sites is 1. The molecule has 1 radical (unpaired) electrons. The van der Waals surface area contributed by atoms with Crippen LogP contribution in [0.25, 0.3) is 22.4 Å². The van der Waals surface area contributed by atoms with E-state index in [0.717, 1.165) is 42.3 Å². The molecule has 2 fully saturated rings. The summed E-state index contributed by atoms with van der Waals surface area (Å²) in [6, 6.07) is 16.7. The molecule has 4 nitrogen and oxygen atoms in total. The molecule has 6 atom stereocenters. The van der Waals surface area contributed by atoms with E-state index in [-0.39, 0.29) is 38.2 Å². The number of hydrogen-bond acceptors (Lipinski definition) is 4. The van der Waals surface area contributed by atoms with Gasteiger partial charge in [0.15, 0.2) is 0 Å². The number of nitrogens with zero attached hydrogens (tertiary/aromatic N) is 1. The van der Waals surface area contributed by atoms with Crippen molar-refractivity contribution in [2.75, 3.05) is 0 Å². The van der Waals surface area contributed by atoms with Gasteiger partial charge in [0, 0.05) is 43.5 Å². The Morgan fingerprint density at radius 1 is 0.917 bits per heavy atom. The summed E-state index contributed by atoms with van der Waals surface area (Å²) in [4.78, 5) is 4.22. The van der Waals surface area contributed by atoms with E-state index in [4.69, 9.17) is 4.42 Å². The van der Waals surface area contributed by atoms with Gasteiger partial charge in [-0.05, 0) is 67.8 Å². The second-order valence-electron chi connectivity index (χ2n) is 11.5. The van der Waals surface area contributed by atoms with Crippen molar-refractivity contribution in [3.8, 4) is 11.5 Å². The number of benzene rings is 1. The largest absolute Gasteiger partial charge is 0.518 e. The van der Waals surface area contributed by atoms with E-state index in [2.05, 4.69) is 38.7 Å². The van der Waals surface area contributed by atoms with Crippen LogP contribution in [-0.2, 0) is 20.1 Å². The summed E-state index contributed by atoms with van der Waals surface area (Å²) in [7, 11) is 0. The average molecular weight is 669 g/mol. The molecule has 36 heavy (non-hydrogen) atoms. The van der Waals surface area contributed by atoms with Crippen molar-refractivity contribution in [3.05, 3.63) is 54.7 Å². The van der Waals surface area contributed by atoms with E-state index in [1.165, 1.54) is 12.8 Å². The maximum Gasteiger partial charge on any atom is 0.0624 e. The van der Waals surface area contributed by atoms with E-state index in [0.29, 0.717) is 35.3 Å². The Bertz CT molecular complexity index is 1020. The predicted octanol–water partition coefficient (Wildman–Crippen LogP) is 7.15. The number of pyridine rings is 1. The average Bonchev–Trinajstić information content (AvgIpc) is 3.35. The van der Waals surface area contributed by atoms with Crippen molar-refractivity contribution < 1.29 is 34.7 Å². The van der Waals surface area contributed by atoms with E-state index >= 15 is 0 Å². The van der Waals surface area contributed by atoms with Gasteiger partial charge in [0.1, 0.15) is 0 Å². The van der Waals surface area contributed by atoms with Crippen molar-refractivity contribution in [3.63, 3.8) is 0 Å². The van der Waals surface area contributed by atoms with Crippen LogP contribution in [0, 0.1) is 41.6 Å². The molecule has 3 aromatic rings. The van der Waals surface area contributed by atoms with Crippen LogP contribution < -0.4 is 0 Å². The summed E-state index contributed by atoms with van der Waals surface area (Å²) in [5, 5.41) is 22.5. The fraction of sp³-hybridized carbons (Fsp3) is 0.581. The maximum atomic E-state index is 10.8. The van der Waals surface area contributed by atoms with Crippen LogP contribution in [-0.4, -0.2) is 27.4 Å².